The highest BCUT2D eigenvalue weighted by Crippen LogP contribution is 2.27. The third-order valence-corrected chi connectivity index (χ3v) is 4.39. The second kappa shape index (κ2) is 7.62. The molecule has 1 aliphatic heterocycles. The number of ether oxygens (including phenoxy) is 1. The SMILES string of the molecule is Cc1ccccc1[C@H](C)N(CC(C)C)C(=O)C[C@@H]1COC(=O)C1. The summed E-state index contributed by atoms with van der Waals surface area (Å²) in [6.45, 7) is 9.49. The summed E-state index contributed by atoms with van der Waals surface area (Å²) >= 11 is 0. The first-order chi connectivity index (χ1) is 10.9. The normalized spacial score (nSPS) is 18.8. The molecule has 1 heterocycles. The van der Waals surface area contributed by atoms with Crippen LogP contribution < -0.4 is 0 Å². The molecular formula is C19H27NO3. The predicted molar refractivity (Wildman–Crippen MR) is 89.8 cm³/mol. The van der Waals surface area contributed by atoms with Crippen LogP contribution in [0, 0.1) is 18.8 Å². The van der Waals surface area contributed by atoms with Gasteiger partial charge in [0.1, 0.15) is 0 Å². The fraction of sp³-hybridized carbons (Fsp3) is 0.579. The number of hydrogen-bond acceptors (Lipinski definition) is 3. The van der Waals surface area contributed by atoms with Crippen LogP contribution in [0.5, 0.6) is 0 Å². The van der Waals surface area contributed by atoms with Crippen molar-refractivity contribution in [2.24, 2.45) is 11.8 Å². The largest absolute Gasteiger partial charge is 0.465 e. The number of cyclic esters (lactones) is 1. The van der Waals surface area contributed by atoms with Crippen LogP contribution in [0.2, 0.25) is 0 Å². The van der Waals surface area contributed by atoms with Crippen LogP contribution in [0.3, 0.4) is 0 Å². The number of rotatable bonds is 6. The van der Waals surface area contributed by atoms with E-state index in [9.17, 15) is 9.59 Å². The summed E-state index contributed by atoms with van der Waals surface area (Å²) in [5, 5.41) is 0. The zero-order valence-electron chi connectivity index (χ0n) is 14.5. The number of esters is 1. The minimum Gasteiger partial charge on any atom is -0.465 e. The summed E-state index contributed by atoms with van der Waals surface area (Å²) in [5.74, 6) is 0.337. The topological polar surface area (TPSA) is 46.6 Å². The van der Waals surface area contributed by atoms with Crippen molar-refractivity contribution in [2.45, 2.75) is 46.6 Å². The van der Waals surface area contributed by atoms with Gasteiger partial charge in [-0.2, -0.15) is 0 Å². The Morgan fingerprint density at radius 3 is 2.57 bits per heavy atom. The molecule has 0 saturated carbocycles. The van der Waals surface area contributed by atoms with E-state index in [-0.39, 0.29) is 23.8 Å². The van der Waals surface area contributed by atoms with Crippen LogP contribution in [0.4, 0.5) is 0 Å². The molecule has 0 spiro atoms. The van der Waals surface area contributed by atoms with E-state index in [0.717, 1.165) is 6.54 Å². The Hall–Kier alpha value is -1.84. The number of nitrogens with zero attached hydrogens (tertiary/aromatic N) is 1. The molecule has 1 amide bonds. The van der Waals surface area contributed by atoms with Gasteiger partial charge in [-0.3, -0.25) is 9.59 Å². The number of carbonyl (C=O) groups excluding carboxylic acids is 2. The van der Waals surface area contributed by atoms with Gasteiger partial charge in [0.15, 0.2) is 0 Å². The molecule has 1 fully saturated rings. The molecule has 126 valence electrons. The van der Waals surface area contributed by atoms with Gasteiger partial charge in [-0.05, 0) is 30.9 Å². The summed E-state index contributed by atoms with van der Waals surface area (Å²) in [7, 11) is 0. The van der Waals surface area contributed by atoms with Gasteiger partial charge in [0, 0.05) is 18.9 Å². The van der Waals surface area contributed by atoms with Gasteiger partial charge in [-0.25, -0.2) is 0 Å². The molecule has 1 aromatic carbocycles. The number of aryl methyl sites for hydroxylation is 1. The fourth-order valence-corrected chi connectivity index (χ4v) is 3.15. The Morgan fingerprint density at radius 2 is 2.00 bits per heavy atom. The molecule has 4 nitrogen and oxygen atoms in total. The van der Waals surface area contributed by atoms with Crippen molar-refractivity contribution in [1.29, 1.82) is 0 Å². The second-order valence-corrected chi connectivity index (χ2v) is 6.93. The Kier molecular flexibility index (Phi) is 5.80. The van der Waals surface area contributed by atoms with Gasteiger partial charge in [0.25, 0.3) is 0 Å². The van der Waals surface area contributed by atoms with Crippen LogP contribution >= 0.6 is 0 Å². The highest BCUT2D eigenvalue weighted by Gasteiger charge is 2.30. The summed E-state index contributed by atoms with van der Waals surface area (Å²) in [4.78, 5) is 26.0. The van der Waals surface area contributed by atoms with E-state index in [1.165, 1.54) is 11.1 Å². The van der Waals surface area contributed by atoms with Gasteiger partial charge in [-0.15, -0.1) is 0 Å². The lowest BCUT2D eigenvalue weighted by molar-refractivity contribution is -0.138. The van der Waals surface area contributed by atoms with Gasteiger partial charge < -0.3 is 9.64 Å². The third-order valence-electron chi connectivity index (χ3n) is 4.39. The monoisotopic (exact) mass is 317 g/mol. The van der Waals surface area contributed by atoms with Crippen molar-refractivity contribution in [3.8, 4) is 0 Å². The molecule has 1 saturated heterocycles. The third kappa shape index (κ3) is 4.57. The van der Waals surface area contributed by atoms with Crippen molar-refractivity contribution >= 4 is 11.9 Å². The Bertz CT molecular complexity index is 567. The van der Waals surface area contributed by atoms with Gasteiger partial charge in [-0.1, -0.05) is 38.1 Å². The molecule has 2 rings (SSSR count). The lowest BCUT2D eigenvalue weighted by Crippen LogP contribution is -2.37. The summed E-state index contributed by atoms with van der Waals surface area (Å²) in [5.41, 5.74) is 2.38. The maximum Gasteiger partial charge on any atom is 0.306 e. The Morgan fingerprint density at radius 1 is 1.30 bits per heavy atom. The Labute approximate surface area is 138 Å². The predicted octanol–water partition coefficient (Wildman–Crippen LogP) is 3.49. The van der Waals surface area contributed by atoms with E-state index in [1.54, 1.807) is 0 Å². The highest BCUT2D eigenvalue weighted by molar-refractivity contribution is 5.79. The molecule has 0 unspecified atom stereocenters. The molecular weight excluding hydrogens is 290 g/mol. The van der Waals surface area contributed by atoms with Crippen LogP contribution in [0.25, 0.3) is 0 Å². The quantitative estimate of drug-likeness (QED) is 0.755. The van der Waals surface area contributed by atoms with Gasteiger partial charge in [0.05, 0.1) is 19.1 Å². The number of benzene rings is 1. The van der Waals surface area contributed by atoms with E-state index in [1.807, 2.05) is 17.0 Å². The van der Waals surface area contributed by atoms with Crippen molar-refractivity contribution < 1.29 is 14.3 Å². The molecule has 0 aromatic heterocycles. The second-order valence-electron chi connectivity index (χ2n) is 6.93. The van der Waals surface area contributed by atoms with Crippen LogP contribution in [-0.4, -0.2) is 29.9 Å². The van der Waals surface area contributed by atoms with Crippen molar-refractivity contribution in [3.63, 3.8) is 0 Å². The molecule has 0 bridgehead atoms. The maximum atomic E-state index is 12.8. The van der Waals surface area contributed by atoms with Crippen molar-refractivity contribution in [1.82, 2.24) is 4.90 Å². The first-order valence-corrected chi connectivity index (χ1v) is 8.39. The first-order valence-electron chi connectivity index (χ1n) is 8.39. The minimum absolute atomic E-state index is 0.0220. The summed E-state index contributed by atoms with van der Waals surface area (Å²) < 4.78 is 4.98. The molecule has 4 heteroatoms. The van der Waals surface area contributed by atoms with E-state index in [2.05, 4.69) is 39.8 Å². The lowest BCUT2D eigenvalue weighted by atomic mass is 9.98. The van der Waals surface area contributed by atoms with E-state index in [4.69, 9.17) is 4.74 Å². The first kappa shape index (κ1) is 17.5. The zero-order valence-corrected chi connectivity index (χ0v) is 14.5. The fourth-order valence-electron chi connectivity index (χ4n) is 3.15. The standard InChI is InChI=1S/C19H27NO3/c1-13(2)11-20(15(4)17-8-6-5-7-14(17)3)18(21)9-16-10-19(22)23-12-16/h5-8,13,15-16H,9-12H2,1-4H3/t15-,16-/m0/s1. The zero-order chi connectivity index (χ0) is 17.0. The average molecular weight is 317 g/mol. The molecule has 2 atom stereocenters. The maximum absolute atomic E-state index is 12.8. The van der Waals surface area contributed by atoms with E-state index in [0.29, 0.717) is 25.4 Å². The molecule has 1 aromatic rings. The van der Waals surface area contributed by atoms with Crippen LogP contribution in [0.15, 0.2) is 24.3 Å². The smallest absolute Gasteiger partial charge is 0.306 e. The van der Waals surface area contributed by atoms with Crippen molar-refractivity contribution in [3.05, 3.63) is 35.4 Å². The van der Waals surface area contributed by atoms with Crippen LogP contribution in [-0.2, 0) is 14.3 Å². The average Bonchev–Trinajstić information content (AvgIpc) is 2.89. The summed E-state index contributed by atoms with van der Waals surface area (Å²) in [6, 6.07) is 8.22. The minimum atomic E-state index is -0.190. The highest BCUT2D eigenvalue weighted by atomic mass is 16.5. The molecule has 23 heavy (non-hydrogen) atoms. The number of amides is 1. The van der Waals surface area contributed by atoms with Crippen molar-refractivity contribution in [2.75, 3.05) is 13.2 Å². The Balaban J connectivity index is 2.14. The molecule has 0 radical (unpaired) electrons. The van der Waals surface area contributed by atoms with E-state index < -0.39 is 0 Å². The molecule has 0 aliphatic carbocycles. The summed E-state index contributed by atoms with van der Waals surface area (Å²) in [6.07, 6.45) is 0.745. The molecule has 0 N–H and O–H groups in total. The van der Waals surface area contributed by atoms with E-state index >= 15 is 0 Å². The van der Waals surface area contributed by atoms with Gasteiger partial charge >= 0.3 is 5.97 Å². The van der Waals surface area contributed by atoms with Gasteiger partial charge in [0.2, 0.25) is 5.91 Å². The van der Waals surface area contributed by atoms with Crippen LogP contribution in [0.1, 0.15) is 50.8 Å². The molecule has 1 aliphatic rings. The number of carbonyl (C=O) groups is 2. The number of hydrogen-bond donors (Lipinski definition) is 0. The lowest BCUT2D eigenvalue weighted by Gasteiger charge is -2.32.